The number of hydrogen-bond acceptors (Lipinski definition) is 7. The number of carbonyl (C=O) groups is 1. The summed E-state index contributed by atoms with van der Waals surface area (Å²) in [4.78, 5) is 37.8. The van der Waals surface area contributed by atoms with Crippen molar-refractivity contribution in [1.82, 2.24) is 19.8 Å². The Bertz CT molecular complexity index is 1490. The Morgan fingerprint density at radius 1 is 1.19 bits per heavy atom. The molecule has 0 unspecified atom stereocenters. The SMILES string of the molecule is CCn1c2c3c(cc(CN4CCN(c5ccc(C(=O)NC6CC6)cc5C)CC4)c(F)c3nc1=O)NC=N2. The van der Waals surface area contributed by atoms with Gasteiger partial charge in [-0.3, -0.25) is 14.3 Å². The Morgan fingerprint density at radius 2 is 1.97 bits per heavy atom. The molecule has 1 aliphatic carbocycles. The molecule has 0 spiro atoms. The second-order valence-electron chi connectivity index (χ2n) is 10.00. The van der Waals surface area contributed by atoms with Crippen molar-refractivity contribution in [3.63, 3.8) is 0 Å². The van der Waals surface area contributed by atoms with Gasteiger partial charge in [0.15, 0.2) is 5.82 Å². The molecular weight excluding hydrogens is 473 g/mol. The van der Waals surface area contributed by atoms with E-state index in [4.69, 9.17) is 0 Å². The number of halogens is 1. The standard InChI is InChI=1S/C27H30FN7O2/c1-3-35-25-22-20(29-15-30-25)13-18(23(28)24(22)32-27(35)37)14-33-8-10-34(11-9-33)21-7-4-17(12-16(21)2)26(36)31-19-5-6-19/h4,7,12-13,15,19H,3,5-6,8-11,14H2,1-2H3,(H,29,30)(H,31,36). The van der Waals surface area contributed by atoms with E-state index in [0.29, 0.717) is 47.1 Å². The largest absolute Gasteiger partial charge is 0.369 e. The smallest absolute Gasteiger partial charge is 0.349 e. The average molecular weight is 504 g/mol. The van der Waals surface area contributed by atoms with Crippen molar-refractivity contribution < 1.29 is 9.18 Å². The molecule has 6 rings (SSSR count). The van der Waals surface area contributed by atoms with Crippen LogP contribution in [0.25, 0.3) is 10.9 Å². The summed E-state index contributed by atoms with van der Waals surface area (Å²) < 4.78 is 17.0. The van der Waals surface area contributed by atoms with Gasteiger partial charge < -0.3 is 15.5 Å². The quantitative estimate of drug-likeness (QED) is 0.537. The first-order valence-corrected chi connectivity index (χ1v) is 12.9. The zero-order chi connectivity index (χ0) is 25.7. The number of aromatic nitrogens is 2. The lowest BCUT2D eigenvalue weighted by Crippen LogP contribution is -2.46. The molecule has 1 saturated carbocycles. The van der Waals surface area contributed by atoms with Crippen molar-refractivity contribution in [2.45, 2.75) is 45.8 Å². The van der Waals surface area contributed by atoms with Gasteiger partial charge in [-0.25, -0.2) is 14.2 Å². The summed E-state index contributed by atoms with van der Waals surface area (Å²) in [6, 6.07) is 8.02. The normalized spacial score (nSPS) is 17.2. The summed E-state index contributed by atoms with van der Waals surface area (Å²) in [7, 11) is 0. The molecule has 1 amide bonds. The molecule has 3 aromatic rings. The van der Waals surface area contributed by atoms with Crippen molar-refractivity contribution in [1.29, 1.82) is 0 Å². The van der Waals surface area contributed by atoms with Gasteiger partial charge in [0.25, 0.3) is 5.91 Å². The summed E-state index contributed by atoms with van der Waals surface area (Å²) in [5, 5.41) is 6.68. The second kappa shape index (κ2) is 9.26. The first-order chi connectivity index (χ1) is 17.9. The molecule has 0 radical (unpaired) electrons. The van der Waals surface area contributed by atoms with Crippen LogP contribution in [0.5, 0.6) is 0 Å². The van der Waals surface area contributed by atoms with Gasteiger partial charge in [0, 0.05) is 62.1 Å². The van der Waals surface area contributed by atoms with Crippen molar-refractivity contribution in [3.05, 3.63) is 57.3 Å². The minimum Gasteiger partial charge on any atom is -0.369 e. The third-order valence-electron chi connectivity index (χ3n) is 7.43. The number of piperazine rings is 1. The van der Waals surface area contributed by atoms with Gasteiger partial charge in [-0.2, -0.15) is 4.98 Å². The molecule has 2 aliphatic heterocycles. The van der Waals surface area contributed by atoms with Crippen LogP contribution < -0.4 is 21.2 Å². The average Bonchev–Trinajstić information content (AvgIpc) is 3.71. The summed E-state index contributed by atoms with van der Waals surface area (Å²) in [5.41, 5.74) is 3.69. The second-order valence-corrected chi connectivity index (χ2v) is 10.00. The summed E-state index contributed by atoms with van der Waals surface area (Å²) in [6.07, 6.45) is 3.67. The molecule has 192 valence electrons. The molecule has 2 N–H and O–H groups in total. The lowest BCUT2D eigenvalue weighted by molar-refractivity contribution is 0.0951. The van der Waals surface area contributed by atoms with Crippen LogP contribution in [0.15, 0.2) is 34.1 Å². The Balaban J connectivity index is 1.17. The third-order valence-corrected chi connectivity index (χ3v) is 7.43. The maximum atomic E-state index is 15.6. The number of aryl methyl sites for hydroxylation is 1. The van der Waals surface area contributed by atoms with E-state index in [1.165, 1.54) is 10.9 Å². The van der Waals surface area contributed by atoms with Crippen molar-refractivity contribution in [3.8, 4) is 0 Å². The van der Waals surface area contributed by atoms with Gasteiger partial charge in [0.1, 0.15) is 11.3 Å². The molecule has 1 aromatic heterocycles. The van der Waals surface area contributed by atoms with E-state index < -0.39 is 11.5 Å². The molecule has 0 atom stereocenters. The monoisotopic (exact) mass is 503 g/mol. The van der Waals surface area contributed by atoms with Gasteiger partial charge in [-0.1, -0.05) is 0 Å². The maximum Gasteiger partial charge on any atom is 0.349 e. The van der Waals surface area contributed by atoms with Crippen molar-refractivity contribution in [2.24, 2.45) is 4.99 Å². The molecule has 1 saturated heterocycles. The lowest BCUT2D eigenvalue weighted by atomic mass is 10.1. The maximum absolute atomic E-state index is 15.6. The van der Waals surface area contributed by atoms with Crippen molar-refractivity contribution in [2.75, 3.05) is 36.4 Å². The van der Waals surface area contributed by atoms with E-state index in [2.05, 4.69) is 30.4 Å². The minimum absolute atomic E-state index is 0.00519. The fraction of sp³-hybridized carbons (Fsp3) is 0.407. The zero-order valence-electron chi connectivity index (χ0n) is 21.1. The molecule has 9 nitrogen and oxygen atoms in total. The van der Waals surface area contributed by atoms with Crippen LogP contribution in [0.3, 0.4) is 0 Å². The summed E-state index contributed by atoms with van der Waals surface area (Å²) >= 11 is 0. The summed E-state index contributed by atoms with van der Waals surface area (Å²) in [5.74, 6) is -0.0243. The number of aliphatic imine (C=N–C) groups is 1. The Labute approximate surface area is 214 Å². The van der Waals surface area contributed by atoms with Crippen LogP contribution in [0.2, 0.25) is 0 Å². The molecule has 3 aliphatic rings. The fourth-order valence-corrected chi connectivity index (χ4v) is 5.26. The number of rotatable bonds is 6. The number of benzene rings is 2. The molecule has 3 heterocycles. The van der Waals surface area contributed by atoms with Crippen LogP contribution >= 0.6 is 0 Å². The molecule has 2 aromatic carbocycles. The van der Waals surface area contributed by atoms with Crippen LogP contribution in [-0.4, -0.2) is 58.9 Å². The number of carbonyl (C=O) groups excluding carboxylic acids is 1. The van der Waals surface area contributed by atoms with E-state index in [0.717, 1.165) is 50.3 Å². The van der Waals surface area contributed by atoms with Gasteiger partial charge in [0.05, 0.1) is 17.4 Å². The molecule has 10 heteroatoms. The van der Waals surface area contributed by atoms with Crippen LogP contribution in [-0.2, 0) is 13.1 Å². The van der Waals surface area contributed by atoms with Crippen LogP contribution in [0.1, 0.15) is 41.3 Å². The highest BCUT2D eigenvalue weighted by Gasteiger charge is 2.26. The molecular formula is C27H30FN7O2. The van der Waals surface area contributed by atoms with Gasteiger partial charge in [0.2, 0.25) is 0 Å². The topological polar surface area (TPSA) is 94.9 Å². The van der Waals surface area contributed by atoms with Crippen LogP contribution in [0, 0.1) is 12.7 Å². The van der Waals surface area contributed by atoms with E-state index >= 15 is 4.39 Å². The number of amides is 1. The Kier molecular flexibility index (Phi) is 5.91. The van der Waals surface area contributed by atoms with Crippen LogP contribution in [0.4, 0.5) is 21.6 Å². The van der Waals surface area contributed by atoms with Gasteiger partial charge >= 0.3 is 5.69 Å². The number of hydrogen-bond donors (Lipinski definition) is 2. The highest BCUT2D eigenvalue weighted by Crippen LogP contribution is 2.36. The predicted molar refractivity (Wildman–Crippen MR) is 143 cm³/mol. The van der Waals surface area contributed by atoms with E-state index in [-0.39, 0.29) is 11.4 Å². The highest BCUT2D eigenvalue weighted by atomic mass is 19.1. The number of nitrogens with zero attached hydrogens (tertiary/aromatic N) is 5. The number of anilines is 2. The first-order valence-electron chi connectivity index (χ1n) is 12.9. The predicted octanol–water partition coefficient (Wildman–Crippen LogP) is 3.16. The summed E-state index contributed by atoms with van der Waals surface area (Å²) in [6.45, 7) is 7.84. The third kappa shape index (κ3) is 4.35. The molecule has 37 heavy (non-hydrogen) atoms. The van der Waals surface area contributed by atoms with E-state index in [1.54, 1.807) is 6.07 Å². The lowest BCUT2D eigenvalue weighted by Gasteiger charge is -2.37. The number of nitrogens with one attached hydrogen (secondary N) is 2. The highest BCUT2D eigenvalue weighted by molar-refractivity contribution is 6.06. The Morgan fingerprint density at radius 3 is 2.68 bits per heavy atom. The Hall–Kier alpha value is -3.79. The first kappa shape index (κ1) is 23.6. The van der Waals surface area contributed by atoms with E-state index in [1.807, 2.05) is 32.0 Å². The van der Waals surface area contributed by atoms with Gasteiger partial charge in [-0.15, -0.1) is 0 Å². The van der Waals surface area contributed by atoms with Gasteiger partial charge in [-0.05, 0) is 56.5 Å². The zero-order valence-corrected chi connectivity index (χ0v) is 21.1. The minimum atomic E-state index is -0.494. The fourth-order valence-electron chi connectivity index (χ4n) is 5.26. The molecule has 0 bridgehead atoms. The van der Waals surface area contributed by atoms with E-state index in [9.17, 15) is 9.59 Å². The molecule has 2 fully saturated rings. The van der Waals surface area contributed by atoms with Crippen molar-refractivity contribution >= 4 is 40.3 Å².